The molecule has 2 fully saturated rings. The second kappa shape index (κ2) is 5.36. The van der Waals surface area contributed by atoms with Gasteiger partial charge in [0.2, 0.25) is 0 Å². The van der Waals surface area contributed by atoms with Crippen molar-refractivity contribution in [3.05, 3.63) is 29.6 Å². The van der Waals surface area contributed by atoms with Crippen LogP contribution in [0.3, 0.4) is 0 Å². The molecule has 2 nitrogen and oxygen atoms in total. The fourth-order valence-corrected chi connectivity index (χ4v) is 3.89. The summed E-state index contributed by atoms with van der Waals surface area (Å²) < 4.78 is 14.2. The van der Waals surface area contributed by atoms with Crippen molar-refractivity contribution in [3.63, 3.8) is 0 Å². The fourth-order valence-electron chi connectivity index (χ4n) is 3.89. The second-order valence-electron chi connectivity index (χ2n) is 6.58. The summed E-state index contributed by atoms with van der Waals surface area (Å²) in [6, 6.07) is 5.13. The average molecular weight is 277 g/mol. The number of aliphatic hydroxyl groups is 1. The molecule has 1 saturated heterocycles. The van der Waals surface area contributed by atoms with E-state index in [2.05, 4.69) is 4.90 Å². The first kappa shape index (κ1) is 13.9. The Hall–Kier alpha value is -1.09. The molecule has 0 amide bonds. The first-order valence-corrected chi connectivity index (χ1v) is 7.82. The summed E-state index contributed by atoms with van der Waals surface area (Å²) in [6.07, 6.45) is 7.26. The smallest absolute Gasteiger partial charge is 0.146 e. The first-order valence-electron chi connectivity index (χ1n) is 7.82. The molecular weight excluding hydrogens is 253 g/mol. The maximum atomic E-state index is 14.2. The molecule has 20 heavy (non-hydrogen) atoms. The maximum Gasteiger partial charge on any atom is 0.146 e. The van der Waals surface area contributed by atoms with Crippen LogP contribution in [-0.2, 0) is 0 Å². The largest absolute Gasteiger partial charge is 0.389 e. The standard InChI is InChI=1S/C17H24FNO/c1-13(20)14-4-5-16(15(18)12-14)19-10-8-17(9-11-19)6-2-3-7-17/h4-5,12-13,20H,2-3,6-11H2,1H3/t13-/m1/s1. The maximum absolute atomic E-state index is 14.2. The lowest BCUT2D eigenvalue weighted by Crippen LogP contribution is -2.39. The summed E-state index contributed by atoms with van der Waals surface area (Å²) in [6.45, 7) is 3.59. The first-order chi connectivity index (χ1) is 9.60. The van der Waals surface area contributed by atoms with Crippen molar-refractivity contribution in [1.82, 2.24) is 0 Å². The highest BCUT2D eigenvalue weighted by Crippen LogP contribution is 2.46. The number of hydrogen-bond donors (Lipinski definition) is 1. The highest BCUT2D eigenvalue weighted by Gasteiger charge is 2.37. The van der Waals surface area contributed by atoms with Gasteiger partial charge in [-0.2, -0.15) is 0 Å². The van der Waals surface area contributed by atoms with Crippen molar-refractivity contribution in [2.24, 2.45) is 5.41 Å². The Balaban J connectivity index is 1.71. The third-order valence-electron chi connectivity index (χ3n) is 5.28. The van der Waals surface area contributed by atoms with E-state index in [1.165, 1.54) is 44.6 Å². The van der Waals surface area contributed by atoms with Crippen LogP contribution in [0.5, 0.6) is 0 Å². The SMILES string of the molecule is C[C@@H](O)c1ccc(N2CCC3(CCCC3)CC2)c(F)c1. The van der Waals surface area contributed by atoms with Crippen LogP contribution in [0.1, 0.15) is 57.1 Å². The van der Waals surface area contributed by atoms with Gasteiger partial charge in [-0.15, -0.1) is 0 Å². The minimum atomic E-state index is -0.610. The lowest BCUT2D eigenvalue weighted by Gasteiger charge is -2.40. The molecule has 110 valence electrons. The summed E-state index contributed by atoms with van der Waals surface area (Å²) in [5, 5.41) is 9.51. The molecule has 1 spiro atoms. The van der Waals surface area contributed by atoms with Crippen molar-refractivity contribution in [1.29, 1.82) is 0 Å². The molecule has 1 aromatic carbocycles. The number of nitrogens with zero attached hydrogens (tertiary/aromatic N) is 1. The topological polar surface area (TPSA) is 23.5 Å². The molecule has 1 aromatic rings. The van der Waals surface area contributed by atoms with Crippen LogP contribution in [0.15, 0.2) is 18.2 Å². The van der Waals surface area contributed by atoms with Crippen LogP contribution >= 0.6 is 0 Å². The van der Waals surface area contributed by atoms with Gasteiger partial charge in [0.1, 0.15) is 5.82 Å². The molecular formula is C17H24FNO. The lowest BCUT2D eigenvalue weighted by atomic mass is 9.77. The van der Waals surface area contributed by atoms with E-state index in [-0.39, 0.29) is 5.82 Å². The van der Waals surface area contributed by atoms with Crippen molar-refractivity contribution >= 4 is 5.69 Å². The number of hydrogen-bond acceptors (Lipinski definition) is 2. The van der Waals surface area contributed by atoms with Crippen LogP contribution in [0.25, 0.3) is 0 Å². The normalized spacial score (nSPS) is 23.2. The summed E-state index contributed by atoms with van der Waals surface area (Å²) in [4.78, 5) is 2.17. The summed E-state index contributed by atoms with van der Waals surface area (Å²) in [5.41, 5.74) is 1.91. The van der Waals surface area contributed by atoms with Gasteiger partial charge in [-0.05, 0) is 55.7 Å². The van der Waals surface area contributed by atoms with E-state index in [4.69, 9.17) is 0 Å². The Labute approximate surface area is 120 Å². The van der Waals surface area contributed by atoms with Crippen LogP contribution in [0, 0.1) is 11.2 Å². The minimum Gasteiger partial charge on any atom is -0.389 e. The highest BCUT2D eigenvalue weighted by atomic mass is 19.1. The van der Waals surface area contributed by atoms with Gasteiger partial charge in [0.05, 0.1) is 11.8 Å². The van der Waals surface area contributed by atoms with E-state index in [1.54, 1.807) is 6.92 Å². The van der Waals surface area contributed by atoms with Gasteiger partial charge >= 0.3 is 0 Å². The number of benzene rings is 1. The number of anilines is 1. The van der Waals surface area contributed by atoms with E-state index in [1.807, 2.05) is 12.1 Å². The van der Waals surface area contributed by atoms with E-state index < -0.39 is 6.10 Å². The predicted octanol–water partition coefficient (Wildman–Crippen LogP) is 4.04. The Morgan fingerprint density at radius 1 is 1.15 bits per heavy atom. The molecule has 1 atom stereocenters. The lowest BCUT2D eigenvalue weighted by molar-refractivity contribution is 0.199. The Morgan fingerprint density at radius 3 is 2.35 bits per heavy atom. The van der Waals surface area contributed by atoms with E-state index >= 15 is 0 Å². The van der Waals surface area contributed by atoms with Gasteiger partial charge in [-0.3, -0.25) is 0 Å². The number of aliphatic hydroxyl groups excluding tert-OH is 1. The molecule has 2 aliphatic rings. The van der Waals surface area contributed by atoms with Crippen molar-refractivity contribution in [2.75, 3.05) is 18.0 Å². The minimum absolute atomic E-state index is 0.203. The Bertz CT molecular complexity index is 470. The van der Waals surface area contributed by atoms with Crippen LogP contribution < -0.4 is 4.90 Å². The molecule has 1 N–H and O–H groups in total. The average Bonchev–Trinajstić information content (AvgIpc) is 2.88. The molecule has 3 rings (SSSR count). The highest BCUT2D eigenvalue weighted by molar-refractivity contribution is 5.50. The molecule has 0 aromatic heterocycles. The zero-order valence-electron chi connectivity index (χ0n) is 12.2. The van der Waals surface area contributed by atoms with Crippen LogP contribution in [0.2, 0.25) is 0 Å². The molecule has 0 bridgehead atoms. The molecule has 0 radical (unpaired) electrons. The zero-order chi connectivity index (χ0) is 14.2. The van der Waals surface area contributed by atoms with E-state index in [9.17, 15) is 9.50 Å². The quantitative estimate of drug-likeness (QED) is 0.882. The number of piperidine rings is 1. The van der Waals surface area contributed by atoms with Crippen molar-refractivity contribution < 1.29 is 9.50 Å². The summed E-state index contributed by atoms with van der Waals surface area (Å²) >= 11 is 0. The van der Waals surface area contributed by atoms with E-state index in [0.717, 1.165) is 13.1 Å². The van der Waals surface area contributed by atoms with Gasteiger partial charge < -0.3 is 10.0 Å². The third kappa shape index (κ3) is 2.56. The molecule has 3 heteroatoms. The molecule has 1 aliphatic carbocycles. The molecule has 0 unspecified atom stereocenters. The second-order valence-corrected chi connectivity index (χ2v) is 6.58. The molecule has 1 saturated carbocycles. The van der Waals surface area contributed by atoms with Gasteiger partial charge in [0.25, 0.3) is 0 Å². The van der Waals surface area contributed by atoms with Gasteiger partial charge in [-0.25, -0.2) is 4.39 Å². The Morgan fingerprint density at radius 2 is 1.80 bits per heavy atom. The van der Waals surface area contributed by atoms with Gasteiger partial charge in [0.15, 0.2) is 0 Å². The van der Waals surface area contributed by atoms with Gasteiger partial charge in [0, 0.05) is 13.1 Å². The van der Waals surface area contributed by atoms with Crippen LogP contribution in [-0.4, -0.2) is 18.2 Å². The zero-order valence-corrected chi connectivity index (χ0v) is 12.2. The van der Waals surface area contributed by atoms with E-state index in [0.29, 0.717) is 16.7 Å². The summed E-state index contributed by atoms with van der Waals surface area (Å²) in [5.74, 6) is -0.203. The Kier molecular flexibility index (Phi) is 3.72. The molecule has 1 heterocycles. The number of rotatable bonds is 2. The monoisotopic (exact) mass is 277 g/mol. The third-order valence-corrected chi connectivity index (χ3v) is 5.28. The van der Waals surface area contributed by atoms with Crippen molar-refractivity contribution in [2.45, 2.75) is 51.6 Å². The summed E-state index contributed by atoms with van der Waals surface area (Å²) in [7, 11) is 0. The van der Waals surface area contributed by atoms with Crippen molar-refractivity contribution in [3.8, 4) is 0 Å². The number of halogens is 1. The van der Waals surface area contributed by atoms with Gasteiger partial charge in [-0.1, -0.05) is 18.9 Å². The predicted molar refractivity (Wildman–Crippen MR) is 79.4 cm³/mol. The fraction of sp³-hybridized carbons (Fsp3) is 0.647. The van der Waals surface area contributed by atoms with Crippen LogP contribution in [0.4, 0.5) is 10.1 Å². The molecule has 1 aliphatic heterocycles.